The summed E-state index contributed by atoms with van der Waals surface area (Å²) < 4.78 is 7.54. The van der Waals surface area contributed by atoms with E-state index in [4.69, 9.17) is 4.42 Å². The van der Waals surface area contributed by atoms with Crippen molar-refractivity contribution in [3.05, 3.63) is 35.8 Å². The molecule has 0 aliphatic carbocycles. The van der Waals surface area contributed by atoms with E-state index in [0.29, 0.717) is 5.76 Å². The van der Waals surface area contributed by atoms with Crippen LogP contribution in [0, 0.1) is 0 Å². The van der Waals surface area contributed by atoms with Gasteiger partial charge in [-0.2, -0.15) is 0 Å². The number of hydrogen-bond donors (Lipinski definition) is 0. The summed E-state index contributed by atoms with van der Waals surface area (Å²) in [7, 11) is 0. The quantitative estimate of drug-likeness (QED) is 0.870. The van der Waals surface area contributed by atoms with E-state index in [1.807, 2.05) is 4.90 Å². The van der Waals surface area contributed by atoms with Crippen molar-refractivity contribution in [3.8, 4) is 0 Å². The zero-order valence-electron chi connectivity index (χ0n) is 12.7. The average molecular weight is 300 g/mol. The summed E-state index contributed by atoms with van der Waals surface area (Å²) in [4.78, 5) is 14.8. The number of hydrogen-bond acceptors (Lipinski definition) is 4. The van der Waals surface area contributed by atoms with E-state index in [9.17, 15) is 4.79 Å². The Labute approximate surface area is 129 Å². The maximum atomic E-state index is 12.7. The molecule has 0 spiro atoms. The molecule has 2 aliphatic rings. The number of amides is 1. The standard InChI is InChI=1S/C16H20N4O2/c1-2-4-14-17-18-15-9-11-6-7-12(10-19(14)15)20(11)16(21)13-5-3-8-22-13/h3,5,8,11-12H,2,4,6-7,9-10H2,1H3/t11-,12+/m0/s1. The van der Waals surface area contributed by atoms with E-state index in [1.165, 1.54) is 0 Å². The summed E-state index contributed by atoms with van der Waals surface area (Å²) in [5.41, 5.74) is 0. The number of fused-ring (bicyclic) bond motifs is 3. The van der Waals surface area contributed by atoms with Crippen LogP contribution in [-0.4, -0.2) is 37.7 Å². The highest BCUT2D eigenvalue weighted by Crippen LogP contribution is 2.32. The Morgan fingerprint density at radius 3 is 3.00 bits per heavy atom. The fourth-order valence-corrected chi connectivity index (χ4v) is 3.76. The highest BCUT2D eigenvalue weighted by molar-refractivity contribution is 5.92. The Bertz CT molecular complexity index is 676. The molecule has 0 N–H and O–H groups in total. The van der Waals surface area contributed by atoms with Crippen LogP contribution < -0.4 is 0 Å². The third-order valence-electron chi connectivity index (χ3n) is 4.78. The lowest BCUT2D eigenvalue weighted by molar-refractivity contribution is 0.0632. The molecule has 0 saturated carbocycles. The summed E-state index contributed by atoms with van der Waals surface area (Å²) in [5, 5.41) is 8.70. The Kier molecular flexibility index (Phi) is 3.24. The van der Waals surface area contributed by atoms with Gasteiger partial charge in [-0.05, 0) is 31.4 Å². The first kappa shape index (κ1) is 13.5. The second kappa shape index (κ2) is 5.26. The minimum Gasteiger partial charge on any atom is -0.459 e. The van der Waals surface area contributed by atoms with Crippen LogP contribution in [0.1, 0.15) is 48.4 Å². The topological polar surface area (TPSA) is 64.2 Å². The molecule has 2 bridgehead atoms. The van der Waals surface area contributed by atoms with Gasteiger partial charge in [-0.25, -0.2) is 0 Å². The van der Waals surface area contributed by atoms with Crippen LogP contribution in [-0.2, 0) is 19.4 Å². The lowest BCUT2D eigenvalue weighted by Crippen LogP contribution is -2.42. The van der Waals surface area contributed by atoms with Gasteiger partial charge < -0.3 is 13.9 Å². The zero-order valence-corrected chi connectivity index (χ0v) is 12.7. The Balaban J connectivity index is 1.65. The van der Waals surface area contributed by atoms with Crippen LogP contribution in [0.15, 0.2) is 22.8 Å². The van der Waals surface area contributed by atoms with Crippen molar-refractivity contribution in [1.29, 1.82) is 0 Å². The molecule has 1 amide bonds. The minimum atomic E-state index is 0.00764. The molecule has 116 valence electrons. The van der Waals surface area contributed by atoms with Gasteiger partial charge in [-0.15, -0.1) is 10.2 Å². The van der Waals surface area contributed by atoms with Crippen LogP contribution in [0.25, 0.3) is 0 Å². The van der Waals surface area contributed by atoms with Crippen molar-refractivity contribution in [1.82, 2.24) is 19.7 Å². The third kappa shape index (κ3) is 2.05. The predicted molar refractivity (Wildman–Crippen MR) is 79.4 cm³/mol. The molecule has 2 aliphatic heterocycles. The van der Waals surface area contributed by atoms with Gasteiger partial charge in [-0.3, -0.25) is 4.79 Å². The molecule has 2 aromatic heterocycles. The Morgan fingerprint density at radius 2 is 2.23 bits per heavy atom. The van der Waals surface area contributed by atoms with Crippen LogP contribution in [0.5, 0.6) is 0 Å². The van der Waals surface area contributed by atoms with E-state index < -0.39 is 0 Å². The lowest BCUT2D eigenvalue weighted by Gasteiger charge is -2.27. The van der Waals surface area contributed by atoms with E-state index in [1.54, 1.807) is 18.4 Å². The van der Waals surface area contributed by atoms with Gasteiger partial charge in [0.2, 0.25) is 0 Å². The second-order valence-corrected chi connectivity index (χ2v) is 6.17. The summed E-state index contributed by atoms with van der Waals surface area (Å²) in [6.07, 6.45) is 6.42. The monoisotopic (exact) mass is 300 g/mol. The molecule has 2 aromatic rings. The highest BCUT2D eigenvalue weighted by atomic mass is 16.3. The lowest BCUT2D eigenvalue weighted by atomic mass is 10.1. The van der Waals surface area contributed by atoms with Gasteiger partial charge in [0.25, 0.3) is 5.91 Å². The maximum Gasteiger partial charge on any atom is 0.290 e. The van der Waals surface area contributed by atoms with E-state index in [2.05, 4.69) is 21.7 Å². The van der Waals surface area contributed by atoms with Crippen molar-refractivity contribution in [2.45, 2.75) is 57.7 Å². The molecule has 1 fully saturated rings. The summed E-state index contributed by atoms with van der Waals surface area (Å²) in [6.45, 7) is 2.96. The van der Waals surface area contributed by atoms with Crippen molar-refractivity contribution in [3.63, 3.8) is 0 Å². The van der Waals surface area contributed by atoms with E-state index in [-0.39, 0.29) is 18.0 Å². The van der Waals surface area contributed by atoms with Crippen LogP contribution in [0.4, 0.5) is 0 Å². The summed E-state index contributed by atoms with van der Waals surface area (Å²) in [6, 6.07) is 3.94. The Hall–Kier alpha value is -2.11. The van der Waals surface area contributed by atoms with Gasteiger partial charge >= 0.3 is 0 Å². The van der Waals surface area contributed by atoms with Gasteiger partial charge in [0.15, 0.2) is 5.76 Å². The molecule has 22 heavy (non-hydrogen) atoms. The SMILES string of the molecule is CCCc1nnc2n1C[C@H]1CC[C@@H](C2)N1C(=O)c1ccco1. The van der Waals surface area contributed by atoms with E-state index in [0.717, 1.165) is 50.3 Å². The molecule has 4 rings (SSSR count). The first-order valence-electron chi connectivity index (χ1n) is 8.05. The zero-order chi connectivity index (χ0) is 15.1. The van der Waals surface area contributed by atoms with Crippen molar-refractivity contribution in [2.24, 2.45) is 0 Å². The number of rotatable bonds is 3. The van der Waals surface area contributed by atoms with Crippen molar-refractivity contribution < 1.29 is 9.21 Å². The summed E-state index contributed by atoms with van der Waals surface area (Å²) >= 11 is 0. The van der Waals surface area contributed by atoms with Crippen LogP contribution in [0.2, 0.25) is 0 Å². The number of aryl methyl sites for hydroxylation is 1. The molecule has 0 aromatic carbocycles. The fourth-order valence-electron chi connectivity index (χ4n) is 3.76. The maximum absolute atomic E-state index is 12.7. The van der Waals surface area contributed by atoms with Gasteiger partial charge in [-0.1, -0.05) is 6.92 Å². The minimum absolute atomic E-state index is 0.00764. The molecule has 6 heteroatoms. The molecule has 2 atom stereocenters. The normalized spacial score (nSPS) is 23.4. The molecular formula is C16H20N4O2. The van der Waals surface area contributed by atoms with Gasteiger partial charge in [0, 0.05) is 25.4 Å². The van der Waals surface area contributed by atoms with Crippen LogP contribution >= 0.6 is 0 Å². The van der Waals surface area contributed by atoms with Crippen molar-refractivity contribution in [2.75, 3.05) is 0 Å². The number of aromatic nitrogens is 3. The van der Waals surface area contributed by atoms with Gasteiger partial charge in [0.1, 0.15) is 11.6 Å². The smallest absolute Gasteiger partial charge is 0.290 e. The van der Waals surface area contributed by atoms with Gasteiger partial charge in [0.05, 0.1) is 12.3 Å². The number of carbonyl (C=O) groups is 1. The highest BCUT2D eigenvalue weighted by Gasteiger charge is 2.41. The number of nitrogens with zero attached hydrogens (tertiary/aromatic N) is 4. The summed E-state index contributed by atoms with van der Waals surface area (Å²) in [5.74, 6) is 2.51. The molecular weight excluding hydrogens is 280 g/mol. The Morgan fingerprint density at radius 1 is 1.36 bits per heavy atom. The third-order valence-corrected chi connectivity index (χ3v) is 4.78. The molecule has 6 nitrogen and oxygen atoms in total. The fraction of sp³-hybridized carbons (Fsp3) is 0.562. The second-order valence-electron chi connectivity index (χ2n) is 6.17. The molecule has 0 unspecified atom stereocenters. The predicted octanol–water partition coefficient (Wildman–Crippen LogP) is 2.05. The number of carbonyl (C=O) groups excluding carboxylic acids is 1. The van der Waals surface area contributed by atoms with Crippen LogP contribution in [0.3, 0.4) is 0 Å². The average Bonchev–Trinajstić information content (AvgIpc) is 3.20. The van der Waals surface area contributed by atoms with E-state index >= 15 is 0 Å². The number of furan rings is 1. The molecule has 4 heterocycles. The first-order valence-corrected chi connectivity index (χ1v) is 8.05. The first-order chi connectivity index (χ1) is 10.8. The van der Waals surface area contributed by atoms with Crippen molar-refractivity contribution >= 4 is 5.91 Å². The molecule has 0 radical (unpaired) electrons. The largest absolute Gasteiger partial charge is 0.459 e. The molecule has 1 saturated heterocycles.